The van der Waals surface area contributed by atoms with Crippen LogP contribution < -0.4 is 10.6 Å². The monoisotopic (exact) mass is 263 g/mol. The van der Waals surface area contributed by atoms with Crippen molar-refractivity contribution in [3.8, 4) is 0 Å². The minimum absolute atomic E-state index is 0.815. The summed E-state index contributed by atoms with van der Waals surface area (Å²) in [6.07, 6.45) is 5.43. The van der Waals surface area contributed by atoms with Crippen molar-refractivity contribution in [1.82, 2.24) is 14.9 Å². The van der Waals surface area contributed by atoms with E-state index in [9.17, 15) is 0 Å². The lowest BCUT2D eigenvalue weighted by molar-refractivity contribution is 0.337. The second kappa shape index (κ2) is 6.70. The Bertz CT molecular complexity index is 403. The summed E-state index contributed by atoms with van der Waals surface area (Å²) in [7, 11) is 2.19. The molecular formula is C14H25N5. The first kappa shape index (κ1) is 14.1. The molecule has 1 aromatic heterocycles. The fourth-order valence-corrected chi connectivity index (χ4v) is 2.10. The van der Waals surface area contributed by atoms with Crippen LogP contribution in [-0.4, -0.2) is 47.6 Å². The van der Waals surface area contributed by atoms with Gasteiger partial charge in [-0.1, -0.05) is 6.92 Å². The summed E-state index contributed by atoms with van der Waals surface area (Å²) in [4.78, 5) is 11.0. The standard InChI is InChI=1S/C14H25N5/c1-4-7-15-13-11(2)14(18-10-17-13)16-8-9-19(3)12-5-6-12/h10,12H,4-9H2,1-3H3,(H2,15,16,17,18). The summed E-state index contributed by atoms with van der Waals surface area (Å²) in [6, 6.07) is 0.815. The minimum atomic E-state index is 0.815. The van der Waals surface area contributed by atoms with Gasteiger partial charge in [0.1, 0.15) is 18.0 Å². The van der Waals surface area contributed by atoms with Crippen molar-refractivity contribution in [2.75, 3.05) is 37.3 Å². The predicted molar refractivity (Wildman–Crippen MR) is 79.7 cm³/mol. The van der Waals surface area contributed by atoms with Crippen molar-refractivity contribution < 1.29 is 0 Å². The van der Waals surface area contributed by atoms with Crippen LogP contribution in [0.1, 0.15) is 31.7 Å². The summed E-state index contributed by atoms with van der Waals surface area (Å²) in [5.74, 6) is 1.88. The summed E-state index contributed by atoms with van der Waals surface area (Å²) in [5.41, 5.74) is 1.10. The fourth-order valence-electron chi connectivity index (χ4n) is 2.10. The van der Waals surface area contributed by atoms with Crippen LogP contribution in [0.4, 0.5) is 11.6 Å². The molecule has 5 nitrogen and oxygen atoms in total. The highest BCUT2D eigenvalue weighted by molar-refractivity contribution is 5.56. The van der Waals surface area contributed by atoms with E-state index in [2.05, 4.69) is 46.4 Å². The van der Waals surface area contributed by atoms with E-state index in [1.165, 1.54) is 12.8 Å². The van der Waals surface area contributed by atoms with Gasteiger partial charge in [0.05, 0.1) is 0 Å². The SMILES string of the molecule is CCCNc1ncnc(NCCN(C)C2CC2)c1C. The van der Waals surface area contributed by atoms with E-state index >= 15 is 0 Å². The first-order valence-corrected chi connectivity index (χ1v) is 7.22. The van der Waals surface area contributed by atoms with E-state index in [0.717, 1.165) is 49.3 Å². The summed E-state index contributed by atoms with van der Waals surface area (Å²) in [5, 5.41) is 6.74. The fraction of sp³-hybridized carbons (Fsp3) is 0.714. The van der Waals surface area contributed by atoms with Crippen LogP contribution in [0.3, 0.4) is 0 Å². The maximum Gasteiger partial charge on any atom is 0.134 e. The van der Waals surface area contributed by atoms with Crippen LogP contribution in [0.25, 0.3) is 0 Å². The molecule has 0 bridgehead atoms. The zero-order valence-electron chi connectivity index (χ0n) is 12.2. The molecule has 5 heteroatoms. The Balaban J connectivity index is 1.84. The number of rotatable bonds is 8. The lowest BCUT2D eigenvalue weighted by Crippen LogP contribution is -2.27. The van der Waals surface area contributed by atoms with Crippen LogP contribution >= 0.6 is 0 Å². The molecule has 0 spiro atoms. The Kier molecular flexibility index (Phi) is 4.96. The van der Waals surface area contributed by atoms with Gasteiger partial charge in [-0.3, -0.25) is 0 Å². The highest BCUT2D eigenvalue weighted by Gasteiger charge is 2.25. The molecule has 1 aromatic rings. The quantitative estimate of drug-likeness (QED) is 0.752. The van der Waals surface area contributed by atoms with E-state index in [4.69, 9.17) is 0 Å². The number of hydrogen-bond acceptors (Lipinski definition) is 5. The molecule has 1 aliphatic rings. The third kappa shape index (κ3) is 4.06. The molecule has 106 valence electrons. The second-order valence-corrected chi connectivity index (χ2v) is 5.26. The largest absolute Gasteiger partial charge is 0.370 e. The Hall–Kier alpha value is -1.36. The third-order valence-corrected chi connectivity index (χ3v) is 3.55. The topological polar surface area (TPSA) is 53.1 Å². The lowest BCUT2D eigenvalue weighted by Gasteiger charge is -2.17. The van der Waals surface area contributed by atoms with Gasteiger partial charge in [-0.15, -0.1) is 0 Å². The average Bonchev–Trinajstić information content (AvgIpc) is 3.23. The van der Waals surface area contributed by atoms with Crippen molar-refractivity contribution in [3.05, 3.63) is 11.9 Å². The molecule has 1 fully saturated rings. The van der Waals surface area contributed by atoms with Gasteiger partial charge in [0.15, 0.2) is 0 Å². The predicted octanol–water partition coefficient (Wildman–Crippen LogP) is 2.11. The van der Waals surface area contributed by atoms with Gasteiger partial charge in [-0.25, -0.2) is 9.97 Å². The molecule has 1 aliphatic carbocycles. The smallest absolute Gasteiger partial charge is 0.134 e. The molecule has 2 rings (SSSR count). The van der Waals surface area contributed by atoms with Crippen LogP contribution in [-0.2, 0) is 0 Å². The number of nitrogens with one attached hydrogen (secondary N) is 2. The maximum atomic E-state index is 4.32. The molecule has 1 heterocycles. The summed E-state index contributed by atoms with van der Waals surface area (Å²) >= 11 is 0. The molecular weight excluding hydrogens is 238 g/mol. The molecule has 2 N–H and O–H groups in total. The van der Waals surface area contributed by atoms with Gasteiger partial charge in [-0.2, -0.15) is 0 Å². The highest BCUT2D eigenvalue weighted by Crippen LogP contribution is 2.25. The van der Waals surface area contributed by atoms with Crippen molar-refractivity contribution in [2.45, 2.75) is 39.2 Å². The molecule has 1 saturated carbocycles. The normalized spacial score (nSPS) is 14.7. The number of anilines is 2. The molecule has 0 aromatic carbocycles. The van der Waals surface area contributed by atoms with Gasteiger partial charge in [-0.05, 0) is 33.2 Å². The van der Waals surface area contributed by atoms with E-state index in [-0.39, 0.29) is 0 Å². The molecule has 0 amide bonds. The summed E-state index contributed by atoms with van der Waals surface area (Å²) in [6.45, 7) is 7.15. The number of likely N-dealkylation sites (N-methyl/N-ethyl adjacent to an activating group) is 1. The lowest BCUT2D eigenvalue weighted by atomic mass is 10.3. The first-order valence-electron chi connectivity index (χ1n) is 7.22. The molecule has 19 heavy (non-hydrogen) atoms. The van der Waals surface area contributed by atoms with Crippen molar-refractivity contribution in [3.63, 3.8) is 0 Å². The second-order valence-electron chi connectivity index (χ2n) is 5.26. The van der Waals surface area contributed by atoms with E-state index in [1.807, 2.05) is 0 Å². The number of nitrogens with zero attached hydrogens (tertiary/aromatic N) is 3. The van der Waals surface area contributed by atoms with Gasteiger partial charge in [0.2, 0.25) is 0 Å². The van der Waals surface area contributed by atoms with Crippen LogP contribution in [0, 0.1) is 6.92 Å². The Morgan fingerprint density at radius 1 is 1.21 bits per heavy atom. The minimum Gasteiger partial charge on any atom is -0.370 e. The number of hydrogen-bond donors (Lipinski definition) is 2. The average molecular weight is 263 g/mol. The van der Waals surface area contributed by atoms with Crippen LogP contribution in [0.5, 0.6) is 0 Å². The molecule has 0 atom stereocenters. The van der Waals surface area contributed by atoms with Crippen LogP contribution in [0.15, 0.2) is 6.33 Å². The molecule has 0 unspecified atom stereocenters. The van der Waals surface area contributed by atoms with Crippen molar-refractivity contribution in [2.24, 2.45) is 0 Å². The third-order valence-electron chi connectivity index (χ3n) is 3.55. The van der Waals surface area contributed by atoms with E-state index < -0.39 is 0 Å². The van der Waals surface area contributed by atoms with E-state index in [1.54, 1.807) is 6.33 Å². The van der Waals surface area contributed by atoms with Crippen molar-refractivity contribution >= 4 is 11.6 Å². The van der Waals surface area contributed by atoms with E-state index in [0.29, 0.717) is 0 Å². The molecule has 0 radical (unpaired) electrons. The highest BCUT2D eigenvalue weighted by atomic mass is 15.2. The van der Waals surface area contributed by atoms with Gasteiger partial charge in [0, 0.05) is 31.2 Å². The van der Waals surface area contributed by atoms with Gasteiger partial charge < -0.3 is 15.5 Å². The number of aromatic nitrogens is 2. The molecule has 0 saturated heterocycles. The Morgan fingerprint density at radius 3 is 2.42 bits per heavy atom. The van der Waals surface area contributed by atoms with Gasteiger partial charge in [0.25, 0.3) is 0 Å². The molecule has 0 aliphatic heterocycles. The zero-order valence-corrected chi connectivity index (χ0v) is 12.2. The summed E-state index contributed by atoms with van der Waals surface area (Å²) < 4.78 is 0. The Labute approximate surface area is 115 Å². The van der Waals surface area contributed by atoms with Gasteiger partial charge >= 0.3 is 0 Å². The van der Waals surface area contributed by atoms with Crippen molar-refractivity contribution in [1.29, 1.82) is 0 Å². The maximum absolute atomic E-state index is 4.32. The Morgan fingerprint density at radius 2 is 1.84 bits per heavy atom. The zero-order chi connectivity index (χ0) is 13.7. The first-order chi connectivity index (χ1) is 9.22. The van der Waals surface area contributed by atoms with Crippen LogP contribution in [0.2, 0.25) is 0 Å².